The van der Waals surface area contributed by atoms with E-state index < -0.39 is 0 Å². The minimum absolute atomic E-state index is 0.312. The number of para-hydroxylation sites is 1. The van der Waals surface area contributed by atoms with Gasteiger partial charge in [0.25, 0.3) is 0 Å². The Balaban J connectivity index is 1.66. The van der Waals surface area contributed by atoms with E-state index in [9.17, 15) is 5.11 Å². The van der Waals surface area contributed by atoms with E-state index in [0.29, 0.717) is 6.04 Å². The van der Waals surface area contributed by atoms with Crippen molar-refractivity contribution < 1.29 is 9.84 Å². The molecule has 2 atom stereocenters. The summed E-state index contributed by atoms with van der Waals surface area (Å²) in [7, 11) is 2.18. The zero-order valence-electron chi connectivity index (χ0n) is 15.0. The predicted octanol–water partition coefficient (Wildman–Crippen LogP) is 1.41. The number of aliphatic hydroxyl groups excluding tert-OH is 1. The predicted molar refractivity (Wildman–Crippen MR) is 97.5 cm³/mol. The molecule has 0 radical (unpaired) electrons. The molecule has 1 aromatic carbocycles. The normalized spacial score (nSPS) is 24.5. The van der Waals surface area contributed by atoms with Gasteiger partial charge in [0.1, 0.15) is 0 Å². The Bertz CT molecular complexity index is 519. The second-order valence-electron chi connectivity index (χ2n) is 7.07. The fourth-order valence-corrected chi connectivity index (χ4v) is 3.91. The van der Waals surface area contributed by atoms with E-state index in [1.54, 1.807) is 0 Å². The summed E-state index contributed by atoms with van der Waals surface area (Å²) in [5.74, 6) is 0. The van der Waals surface area contributed by atoms with Gasteiger partial charge in [-0.2, -0.15) is 0 Å². The number of hydrogen-bond acceptors (Lipinski definition) is 5. The number of morpholine rings is 1. The number of benzene rings is 1. The molecule has 3 rings (SSSR count). The van der Waals surface area contributed by atoms with Crippen LogP contribution in [0.25, 0.3) is 0 Å². The molecule has 0 spiro atoms. The van der Waals surface area contributed by atoms with Crippen LogP contribution in [0.4, 0.5) is 5.69 Å². The summed E-state index contributed by atoms with van der Waals surface area (Å²) >= 11 is 0. The number of aliphatic hydroxyl groups is 1. The number of fused-ring (bicyclic) bond motifs is 1. The highest BCUT2D eigenvalue weighted by molar-refractivity contribution is 5.54. The van der Waals surface area contributed by atoms with Crippen molar-refractivity contribution in [3.63, 3.8) is 0 Å². The second kappa shape index (κ2) is 8.30. The smallest absolute Gasteiger partial charge is 0.0794 e. The van der Waals surface area contributed by atoms with Crippen molar-refractivity contribution in [2.75, 3.05) is 57.9 Å². The van der Waals surface area contributed by atoms with Crippen molar-refractivity contribution in [2.45, 2.75) is 32.0 Å². The number of nitrogens with zero attached hydrogens (tertiary/aromatic N) is 3. The Morgan fingerprint density at radius 2 is 1.96 bits per heavy atom. The Kier molecular flexibility index (Phi) is 6.11. The standard InChI is InChI=1S/C19H31N3O2/c1-3-17-13-20(2)19-7-5-4-6-16(19)12-22(17)15-18(23)14-21-8-10-24-11-9-21/h4-7,17-18,23H,3,8-15H2,1-2H3/t17-,18+/m0/s1. The molecule has 0 bridgehead atoms. The molecule has 1 aromatic rings. The molecule has 134 valence electrons. The maximum Gasteiger partial charge on any atom is 0.0794 e. The van der Waals surface area contributed by atoms with Gasteiger partial charge in [-0.25, -0.2) is 0 Å². The summed E-state index contributed by atoms with van der Waals surface area (Å²) in [4.78, 5) is 7.14. The first-order chi connectivity index (χ1) is 11.7. The molecule has 2 aliphatic rings. The van der Waals surface area contributed by atoms with Crippen molar-refractivity contribution in [1.82, 2.24) is 9.80 Å². The quantitative estimate of drug-likeness (QED) is 0.882. The summed E-state index contributed by atoms with van der Waals surface area (Å²) in [6, 6.07) is 9.11. The highest BCUT2D eigenvalue weighted by Gasteiger charge is 2.27. The van der Waals surface area contributed by atoms with Gasteiger partial charge >= 0.3 is 0 Å². The van der Waals surface area contributed by atoms with Gasteiger partial charge in [-0.1, -0.05) is 25.1 Å². The van der Waals surface area contributed by atoms with E-state index in [4.69, 9.17) is 4.74 Å². The fraction of sp³-hybridized carbons (Fsp3) is 0.684. The Morgan fingerprint density at radius 3 is 2.71 bits per heavy atom. The summed E-state index contributed by atoms with van der Waals surface area (Å²) < 4.78 is 5.39. The monoisotopic (exact) mass is 333 g/mol. The van der Waals surface area contributed by atoms with E-state index >= 15 is 0 Å². The Morgan fingerprint density at radius 1 is 1.21 bits per heavy atom. The van der Waals surface area contributed by atoms with Crippen molar-refractivity contribution in [3.05, 3.63) is 29.8 Å². The molecule has 5 nitrogen and oxygen atoms in total. The minimum Gasteiger partial charge on any atom is -0.390 e. The highest BCUT2D eigenvalue weighted by Crippen LogP contribution is 2.27. The van der Waals surface area contributed by atoms with E-state index in [2.05, 4.69) is 52.9 Å². The van der Waals surface area contributed by atoms with Crippen molar-refractivity contribution in [1.29, 1.82) is 0 Å². The summed E-state index contributed by atoms with van der Waals surface area (Å²) in [5.41, 5.74) is 2.68. The Hall–Kier alpha value is -1.14. The van der Waals surface area contributed by atoms with Gasteiger partial charge in [-0.05, 0) is 18.1 Å². The average molecular weight is 333 g/mol. The lowest BCUT2D eigenvalue weighted by Crippen LogP contribution is -2.48. The van der Waals surface area contributed by atoms with Crippen LogP contribution in [0.3, 0.4) is 0 Å². The summed E-state index contributed by atoms with van der Waals surface area (Å²) in [6.45, 7) is 9.08. The van der Waals surface area contributed by atoms with Crippen LogP contribution < -0.4 is 4.90 Å². The highest BCUT2D eigenvalue weighted by atomic mass is 16.5. The van der Waals surface area contributed by atoms with Crippen LogP contribution in [-0.4, -0.2) is 80.0 Å². The number of hydrogen-bond donors (Lipinski definition) is 1. The van der Waals surface area contributed by atoms with E-state index in [1.807, 2.05) is 0 Å². The zero-order valence-corrected chi connectivity index (χ0v) is 15.0. The topological polar surface area (TPSA) is 39.2 Å². The lowest BCUT2D eigenvalue weighted by Gasteiger charge is -2.34. The molecule has 0 amide bonds. The molecule has 2 heterocycles. The van der Waals surface area contributed by atoms with Gasteiger partial charge in [-0.3, -0.25) is 9.80 Å². The van der Waals surface area contributed by atoms with Crippen LogP contribution in [0.2, 0.25) is 0 Å². The minimum atomic E-state index is -0.312. The van der Waals surface area contributed by atoms with E-state index in [0.717, 1.165) is 58.9 Å². The van der Waals surface area contributed by atoms with Gasteiger partial charge in [0.15, 0.2) is 0 Å². The average Bonchev–Trinajstić information content (AvgIpc) is 2.72. The van der Waals surface area contributed by atoms with E-state index in [-0.39, 0.29) is 6.10 Å². The third kappa shape index (κ3) is 4.28. The van der Waals surface area contributed by atoms with Gasteiger partial charge < -0.3 is 14.7 Å². The summed E-state index contributed by atoms with van der Waals surface area (Å²) in [6.07, 6.45) is 0.788. The lowest BCUT2D eigenvalue weighted by atomic mass is 10.1. The second-order valence-corrected chi connectivity index (χ2v) is 7.07. The first-order valence-electron chi connectivity index (χ1n) is 9.18. The fourth-order valence-electron chi connectivity index (χ4n) is 3.91. The molecule has 1 saturated heterocycles. The van der Waals surface area contributed by atoms with Gasteiger partial charge in [0, 0.05) is 58.0 Å². The van der Waals surface area contributed by atoms with Crippen molar-refractivity contribution in [2.24, 2.45) is 0 Å². The molecule has 0 saturated carbocycles. The van der Waals surface area contributed by atoms with Crippen LogP contribution in [0.15, 0.2) is 24.3 Å². The number of anilines is 1. The molecule has 0 unspecified atom stereocenters. The van der Waals surface area contributed by atoms with Crippen molar-refractivity contribution >= 4 is 5.69 Å². The third-order valence-electron chi connectivity index (χ3n) is 5.27. The van der Waals surface area contributed by atoms with Crippen molar-refractivity contribution in [3.8, 4) is 0 Å². The summed E-state index contributed by atoms with van der Waals surface area (Å²) in [5, 5.41) is 10.6. The molecule has 2 aliphatic heterocycles. The largest absolute Gasteiger partial charge is 0.390 e. The zero-order chi connectivity index (χ0) is 16.9. The lowest BCUT2D eigenvalue weighted by molar-refractivity contribution is 0.00236. The molecule has 24 heavy (non-hydrogen) atoms. The van der Waals surface area contributed by atoms with Gasteiger partial charge in [0.2, 0.25) is 0 Å². The molecular weight excluding hydrogens is 302 g/mol. The number of rotatable bonds is 5. The molecular formula is C19H31N3O2. The SMILES string of the molecule is CC[C@H]1CN(C)c2ccccc2CN1C[C@H](O)CN1CCOCC1. The molecule has 5 heteroatoms. The van der Waals surface area contributed by atoms with Gasteiger partial charge in [-0.15, -0.1) is 0 Å². The molecule has 0 aromatic heterocycles. The maximum absolute atomic E-state index is 10.6. The molecule has 1 N–H and O–H groups in total. The Labute approximate surface area is 145 Å². The first-order valence-corrected chi connectivity index (χ1v) is 9.18. The van der Waals surface area contributed by atoms with Crippen LogP contribution in [-0.2, 0) is 11.3 Å². The first kappa shape index (κ1) is 17.7. The molecule has 1 fully saturated rings. The van der Waals surface area contributed by atoms with Crippen LogP contribution in [0, 0.1) is 0 Å². The van der Waals surface area contributed by atoms with E-state index in [1.165, 1.54) is 11.3 Å². The maximum atomic E-state index is 10.6. The number of likely N-dealkylation sites (N-methyl/N-ethyl adjacent to an activating group) is 1. The third-order valence-corrected chi connectivity index (χ3v) is 5.27. The number of ether oxygens (including phenoxy) is 1. The van der Waals surface area contributed by atoms with Crippen LogP contribution in [0.1, 0.15) is 18.9 Å². The van der Waals surface area contributed by atoms with Crippen LogP contribution in [0.5, 0.6) is 0 Å². The van der Waals surface area contributed by atoms with Crippen LogP contribution >= 0.6 is 0 Å². The molecule has 0 aliphatic carbocycles. The number of β-amino-alcohol motifs (C(OH)–C–C–N with tert-alkyl or cyclic N) is 1. The van der Waals surface area contributed by atoms with Gasteiger partial charge in [0.05, 0.1) is 19.3 Å².